The van der Waals surface area contributed by atoms with Gasteiger partial charge in [-0.2, -0.15) is 0 Å². The summed E-state index contributed by atoms with van der Waals surface area (Å²) >= 11 is 0. The zero-order valence-electron chi connectivity index (χ0n) is 8.63. The third-order valence-corrected chi connectivity index (χ3v) is 2.27. The van der Waals surface area contributed by atoms with Gasteiger partial charge in [0.2, 0.25) is 0 Å². The second kappa shape index (κ2) is 4.26. The first-order chi connectivity index (χ1) is 7.31. The molecule has 3 heteroatoms. The molecule has 2 nitrogen and oxygen atoms in total. The third-order valence-electron chi connectivity index (χ3n) is 2.27. The number of benzene rings is 1. The summed E-state index contributed by atoms with van der Waals surface area (Å²) in [6.07, 6.45) is 2.75. The maximum Gasteiger partial charge on any atom is 0.125 e. The Morgan fingerprint density at radius 2 is 2.20 bits per heavy atom. The molecular formula is C12H13FN2. The summed E-state index contributed by atoms with van der Waals surface area (Å²) in [7, 11) is 0. The van der Waals surface area contributed by atoms with Gasteiger partial charge in [-0.05, 0) is 24.6 Å². The van der Waals surface area contributed by atoms with E-state index in [1.54, 1.807) is 12.3 Å². The Morgan fingerprint density at radius 3 is 3.00 bits per heavy atom. The predicted octanol–water partition coefficient (Wildman–Crippen LogP) is 3.20. The van der Waals surface area contributed by atoms with Gasteiger partial charge in [0.05, 0.1) is 5.52 Å². The number of aromatic nitrogens is 1. The lowest BCUT2D eigenvalue weighted by Crippen LogP contribution is -2.00. The van der Waals surface area contributed by atoms with Crippen LogP contribution in [0.5, 0.6) is 0 Å². The van der Waals surface area contributed by atoms with Gasteiger partial charge in [-0.3, -0.25) is 4.98 Å². The Balaban J connectivity index is 2.46. The van der Waals surface area contributed by atoms with E-state index in [0.29, 0.717) is 5.52 Å². The van der Waals surface area contributed by atoms with Gasteiger partial charge >= 0.3 is 0 Å². The van der Waals surface area contributed by atoms with Gasteiger partial charge in [-0.25, -0.2) is 4.39 Å². The fourth-order valence-electron chi connectivity index (χ4n) is 1.54. The molecule has 2 aromatic rings. The van der Waals surface area contributed by atoms with Crippen LogP contribution in [0.25, 0.3) is 10.9 Å². The summed E-state index contributed by atoms with van der Waals surface area (Å²) in [5.41, 5.74) is 1.71. The van der Waals surface area contributed by atoms with E-state index >= 15 is 0 Å². The quantitative estimate of drug-likeness (QED) is 0.830. The Labute approximate surface area is 88.1 Å². The average molecular weight is 204 g/mol. The van der Waals surface area contributed by atoms with Gasteiger partial charge in [0.15, 0.2) is 0 Å². The molecule has 0 amide bonds. The SMILES string of the molecule is CCCNc1ccnc2cc(F)ccc12. The van der Waals surface area contributed by atoms with Crippen LogP contribution >= 0.6 is 0 Å². The van der Waals surface area contributed by atoms with E-state index in [2.05, 4.69) is 17.2 Å². The first kappa shape index (κ1) is 9.90. The van der Waals surface area contributed by atoms with E-state index in [4.69, 9.17) is 0 Å². The molecule has 0 saturated heterocycles. The van der Waals surface area contributed by atoms with E-state index in [1.165, 1.54) is 12.1 Å². The number of halogens is 1. The molecule has 0 fully saturated rings. The maximum absolute atomic E-state index is 13.0. The van der Waals surface area contributed by atoms with Crippen LogP contribution in [0.15, 0.2) is 30.5 Å². The van der Waals surface area contributed by atoms with Crippen molar-refractivity contribution in [2.75, 3.05) is 11.9 Å². The number of pyridine rings is 1. The molecule has 0 radical (unpaired) electrons. The minimum Gasteiger partial charge on any atom is -0.384 e. The van der Waals surface area contributed by atoms with Gasteiger partial charge in [-0.1, -0.05) is 6.92 Å². The lowest BCUT2D eigenvalue weighted by molar-refractivity contribution is 0.629. The van der Waals surface area contributed by atoms with Crippen LogP contribution in [-0.2, 0) is 0 Å². The maximum atomic E-state index is 13.0. The molecule has 15 heavy (non-hydrogen) atoms. The molecular weight excluding hydrogens is 191 g/mol. The van der Waals surface area contributed by atoms with Crippen molar-refractivity contribution in [1.82, 2.24) is 4.98 Å². The molecule has 0 aliphatic heterocycles. The van der Waals surface area contributed by atoms with Crippen LogP contribution in [0, 0.1) is 5.82 Å². The molecule has 0 aliphatic rings. The first-order valence-corrected chi connectivity index (χ1v) is 5.09. The number of hydrogen-bond acceptors (Lipinski definition) is 2. The Morgan fingerprint density at radius 1 is 1.33 bits per heavy atom. The summed E-state index contributed by atoms with van der Waals surface area (Å²) in [5.74, 6) is -0.248. The third kappa shape index (κ3) is 2.06. The van der Waals surface area contributed by atoms with Gasteiger partial charge in [0.25, 0.3) is 0 Å². The molecule has 0 aliphatic carbocycles. The summed E-state index contributed by atoms with van der Waals surface area (Å²) in [4.78, 5) is 4.13. The minimum atomic E-state index is -0.248. The van der Waals surface area contributed by atoms with E-state index in [9.17, 15) is 4.39 Å². The second-order valence-corrected chi connectivity index (χ2v) is 3.45. The van der Waals surface area contributed by atoms with Crippen molar-refractivity contribution in [3.63, 3.8) is 0 Å². The monoisotopic (exact) mass is 204 g/mol. The number of nitrogens with zero attached hydrogens (tertiary/aromatic N) is 1. The molecule has 0 unspecified atom stereocenters. The summed E-state index contributed by atoms with van der Waals surface area (Å²) in [6.45, 7) is 3.02. The van der Waals surface area contributed by atoms with E-state index in [1.807, 2.05) is 6.07 Å². The van der Waals surface area contributed by atoms with Crippen molar-refractivity contribution in [3.05, 3.63) is 36.3 Å². The summed E-state index contributed by atoms with van der Waals surface area (Å²) in [5, 5.41) is 4.26. The molecule has 1 aromatic carbocycles. The van der Waals surface area contributed by atoms with Crippen molar-refractivity contribution in [3.8, 4) is 0 Å². The largest absolute Gasteiger partial charge is 0.384 e. The second-order valence-electron chi connectivity index (χ2n) is 3.45. The van der Waals surface area contributed by atoms with Crippen molar-refractivity contribution in [2.24, 2.45) is 0 Å². The molecule has 0 saturated carbocycles. The Kier molecular flexibility index (Phi) is 2.81. The number of fused-ring (bicyclic) bond motifs is 1. The number of nitrogens with one attached hydrogen (secondary N) is 1. The van der Waals surface area contributed by atoms with Crippen LogP contribution in [-0.4, -0.2) is 11.5 Å². The highest BCUT2D eigenvalue weighted by molar-refractivity contribution is 5.90. The molecule has 0 atom stereocenters. The van der Waals surface area contributed by atoms with Crippen molar-refractivity contribution < 1.29 is 4.39 Å². The lowest BCUT2D eigenvalue weighted by Gasteiger charge is -2.07. The van der Waals surface area contributed by atoms with Crippen LogP contribution in [0.2, 0.25) is 0 Å². The molecule has 0 bridgehead atoms. The number of rotatable bonds is 3. The smallest absolute Gasteiger partial charge is 0.125 e. The highest BCUT2D eigenvalue weighted by atomic mass is 19.1. The summed E-state index contributed by atoms with van der Waals surface area (Å²) < 4.78 is 13.0. The fourth-order valence-corrected chi connectivity index (χ4v) is 1.54. The van der Waals surface area contributed by atoms with E-state index < -0.39 is 0 Å². The van der Waals surface area contributed by atoms with E-state index in [-0.39, 0.29) is 5.82 Å². The Bertz CT molecular complexity index is 468. The normalized spacial score (nSPS) is 10.5. The Hall–Kier alpha value is -1.64. The molecule has 1 heterocycles. The molecule has 0 spiro atoms. The lowest BCUT2D eigenvalue weighted by atomic mass is 10.2. The van der Waals surface area contributed by atoms with Gasteiger partial charge in [0.1, 0.15) is 5.82 Å². The van der Waals surface area contributed by atoms with Gasteiger partial charge in [-0.15, -0.1) is 0 Å². The molecule has 78 valence electrons. The topological polar surface area (TPSA) is 24.9 Å². The van der Waals surface area contributed by atoms with Crippen LogP contribution in [0.3, 0.4) is 0 Å². The van der Waals surface area contributed by atoms with Crippen LogP contribution < -0.4 is 5.32 Å². The first-order valence-electron chi connectivity index (χ1n) is 5.09. The average Bonchev–Trinajstić information content (AvgIpc) is 2.25. The van der Waals surface area contributed by atoms with Crippen molar-refractivity contribution in [2.45, 2.75) is 13.3 Å². The molecule has 1 aromatic heterocycles. The standard InChI is InChI=1S/C12H13FN2/c1-2-6-14-11-5-7-15-12-8-9(13)3-4-10(11)12/h3-5,7-8H,2,6H2,1H3,(H,14,15). The van der Waals surface area contributed by atoms with Crippen LogP contribution in [0.4, 0.5) is 10.1 Å². The number of anilines is 1. The van der Waals surface area contributed by atoms with E-state index in [0.717, 1.165) is 24.0 Å². The van der Waals surface area contributed by atoms with Gasteiger partial charge in [0, 0.05) is 29.9 Å². The van der Waals surface area contributed by atoms with Crippen molar-refractivity contribution in [1.29, 1.82) is 0 Å². The number of hydrogen-bond donors (Lipinski definition) is 1. The highest BCUT2D eigenvalue weighted by Gasteiger charge is 2.01. The van der Waals surface area contributed by atoms with Crippen LogP contribution in [0.1, 0.15) is 13.3 Å². The zero-order valence-corrected chi connectivity index (χ0v) is 8.63. The summed E-state index contributed by atoms with van der Waals surface area (Å²) in [6, 6.07) is 6.58. The van der Waals surface area contributed by atoms with Gasteiger partial charge < -0.3 is 5.32 Å². The molecule has 2 rings (SSSR count). The van der Waals surface area contributed by atoms with Crippen molar-refractivity contribution >= 4 is 16.6 Å². The molecule has 1 N–H and O–H groups in total. The minimum absolute atomic E-state index is 0.248. The highest BCUT2D eigenvalue weighted by Crippen LogP contribution is 2.21. The predicted molar refractivity (Wildman–Crippen MR) is 60.5 cm³/mol. The fraction of sp³-hybridized carbons (Fsp3) is 0.250. The zero-order chi connectivity index (χ0) is 10.7.